The summed E-state index contributed by atoms with van der Waals surface area (Å²) in [5.41, 5.74) is 0.918. The maximum absolute atomic E-state index is 13.9. The summed E-state index contributed by atoms with van der Waals surface area (Å²) in [6, 6.07) is 12.4. The predicted octanol–water partition coefficient (Wildman–Crippen LogP) is 3.98. The van der Waals surface area contributed by atoms with Crippen LogP contribution in [0.15, 0.2) is 46.9 Å². The van der Waals surface area contributed by atoms with Crippen LogP contribution in [0.5, 0.6) is 5.75 Å². The second-order valence-corrected chi connectivity index (χ2v) is 4.53. The van der Waals surface area contributed by atoms with Gasteiger partial charge in [0.1, 0.15) is 6.61 Å². The molecule has 0 saturated carbocycles. The molecule has 0 radical (unpaired) electrons. The van der Waals surface area contributed by atoms with Crippen molar-refractivity contribution >= 4 is 22.2 Å². The predicted molar refractivity (Wildman–Crippen MR) is 70.3 cm³/mol. The SMILES string of the molecule is O=Cc1ccc(Br)c(OCc2ccccc2)c1F. The summed E-state index contributed by atoms with van der Waals surface area (Å²) in [6.45, 7) is 0.249. The smallest absolute Gasteiger partial charge is 0.176 e. The van der Waals surface area contributed by atoms with Gasteiger partial charge in [0.2, 0.25) is 0 Å². The highest BCUT2D eigenvalue weighted by Crippen LogP contribution is 2.30. The van der Waals surface area contributed by atoms with Gasteiger partial charge in [-0.1, -0.05) is 30.3 Å². The van der Waals surface area contributed by atoms with Crippen molar-refractivity contribution in [1.82, 2.24) is 0 Å². The first-order valence-electron chi connectivity index (χ1n) is 5.32. The van der Waals surface area contributed by atoms with Crippen LogP contribution in [0, 0.1) is 5.82 Å². The minimum Gasteiger partial charge on any atom is -0.485 e. The summed E-state index contributed by atoms with van der Waals surface area (Å²) < 4.78 is 19.8. The first-order valence-corrected chi connectivity index (χ1v) is 6.11. The largest absolute Gasteiger partial charge is 0.485 e. The van der Waals surface area contributed by atoms with E-state index in [4.69, 9.17) is 4.74 Å². The van der Waals surface area contributed by atoms with Crippen molar-refractivity contribution in [1.29, 1.82) is 0 Å². The van der Waals surface area contributed by atoms with Gasteiger partial charge in [0.15, 0.2) is 17.9 Å². The molecule has 2 nitrogen and oxygen atoms in total. The average molecular weight is 309 g/mol. The van der Waals surface area contributed by atoms with Crippen LogP contribution in [-0.2, 0) is 6.61 Å². The fraction of sp³-hybridized carbons (Fsp3) is 0.0714. The van der Waals surface area contributed by atoms with E-state index in [0.717, 1.165) is 5.56 Å². The molecular formula is C14H10BrFO2. The van der Waals surface area contributed by atoms with Gasteiger partial charge in [-0.05, 0) is 33.6 Å². The summed E-state index contributed by atoms with van der Waals surface area (Å²) in [6.07, 6.45) is 0.469. The van der Waals surface area contributed by atoms with Crippen molar-refractivity contribution in [2.45, 2.75) is 6.61 Å². The molecule has 0 atom stereocenters. The molecule has 92 valence electrons. The van der Waals surface area contributed by atoms with E-state index in [1.807, 2.05) is 30.3 Å². The minimum atomic E-state index is -0.643. The molecule has 0 bridgehead atoms. The molecule has 0 aliphatic heterocycles. The molecule has 0 fully saturated rings. The average Bonchev–Trinajstić information content (AvgIpc) is 2.40. The van der Waals surface area contributed by atoms with Gasteiger partial charge in [0, 0.05) is 0 Å². The summed E-state index contributed by atoms with van der Waals surface area (Å²) in [5.74, 6) is -0.584. The van der Waals surface area contributed by atoms with Crippen LogP contribution in [-0.4, -0.2) is 6.29 Å². The Balaban J connectivity index is 2.21. The monoisotopic (exact) mass is 308 g/mol. The number of hydrogen-bond acceptors (Lipinski definition) is 2. The van der Waals surface area contributed by atoms with E-state index in [9.17, 15) is 9.18 Å². The highest BCUT2D eigenvalue weighted by atomic mass is 79.9. The van der Waals surface area contributed by atoms with Crippen molar-refractivity contribution in [3.8, 4) is 5.75 Å². The number of halogens is 2. The Morgan fingerprint density at radius 2 is 1.89 bits per heavy atom. The minimum absolute atomic E-state index is 0.0127. The Bertz CT molecular complexity index is 555. The van der Waals surface area contributed by atoms with Crippen LogP contribution in [0.3, 0.4) is 0 Å². The van der Waals surface area contributed by atoms with Crippen molar-refractivity contribution < 1.29 is 13.9 Å². The van der Waals surface area contributed by atoms with Crippen LogP contribution >= 0.6 is 15.9 Å². The van der Waals surface area contributed by atoms with E-state index in [0.29, 0.717) is 10.8 Å². The molecule has 18 heavy (non-hydrogen) atoms. The van der Waals surface area contributed by atoms with Crippen LogP contribution in [0.4, 0.5) is 4.39 Å². The molecule has 0 amide bonds. The number of carbonyl (C=O) groups excluding carboxylic acids is 1. The first kappa shape index (κ1) is 12.8. The van der Waals surface area contributed by atoms with Crippen molar-refractivity contribution in [2.24, 2.45) is 0 Å². The van der Waals surface area contributed by atoms with Gasteiger partial charge in [0.25, 0.3) is 0 Å². The van der Waals surface area contributed by atoms with Crippen molar-refractivity contribution in [2.75, 3.05) is 0 Å². The maximum atomic E-state index is 13.9. The van der Waals surface area contributed by atoms with Gasteiger partial charge in [0.05, 0.1) is 10.0 Å². The highest BCUT2D eigenvalue weighted by molar-refractivity contribution is 9.10. The van der Waals surface area contributed by atoms with E-state index >= 15 is 0 Å². The van der Waals surface area contributed by atoms with Gasteiger partial charge in [-0.2, -0.15) is 0 Å². The zero-order chi connectivity index (χ0) is 13.0. The lowest BCUT2D eigenvalue weighted by molar-refractivity contribution is 0.111. The zero-order valence-corrected chi connectivity index (χ0v) is 11.0. The number of rotatable bonds is 4. The van der Waals surface area contributed by atoms with Crippen molar-refractivity contribution in [3.63, 3.8) is 0 Å². The molecule has 0 saturated heterocycles. The molecular weight excluding hydrogens is 299 g/mol. The van der Waals surface area contributed by atoms with Crippen molar-refractivity contribution in [3.05, 3.63) is 63.9 Å². The van der Waals surface area contributed by atoms with Crippen LogP contribution in [0.25, 0.3) is 0 Å². The summed E-state index contributed by atoms with van der Waals surface area (Å²) in [5, 5.41) is 0. The number of ether oxygens (including phenoxy) is 1. The lowest BCUT2D eigenvalue weighted by atomic mass is 10.2. The molecule has 0 unspecified atom stereocenters. The summed E-state index contributed by atoms with van der Waals surface area (Å²) in [7, 11) is 0. The quantitative estimate of drug-likeness (QED) is 0.799. The van der Waals surface area contributed by atoms with Crippen LogP contribution in [0.2, 0.25) is 0 Å². The standard InChI is InChI=1S/C14H10BrFO2/c15-12-7-6-11(8-17)13(16)14(12)18-9-10-4-2-1-3-5-10/h1-8H,9H2. The maximum Gasteiger partial charge on any atom is 0.176 e. The van der Waals surface area contributed by atoms with E-state index in [-0.39, 0.29) is 17.9 Å². The molecule has 2 rings (SSSR count). The van der Waals surface area contributed by atoms with E-state index in [2.05, 4.69) is 15.9 Å². The zero-order valence-electron chi connectivity index (χ0n) is 9.40. The van der Waals surface area contributed by atoms with Gasteiger partial charge < -0.3 is 4.74 Å². The number of aldehydes is 1. The third-order valence-electron chi connectivity index (χ3n) is 2.43. The van der Waals surface area contributed by atoms with Crippen LogP contribution in [0.1, 0.15) is 15.9 Å². The molecule has 0 aromatic heterocycles. The van der Waals surface area contributed by atoms with Gasteiger partial charge >= 0.3 is 0 Å². The summed E-state index contributed by atoms with van der Waals surface area (Å²) >= 11 is 3.20. The lowest BCUT2D eigenvalue weighted by Crippen LogP contribution is -2.00. The first-order chi connectivity index (χ1) is 8.72. The van der Waals surface area contributed by atoms with E-state index < -0.39 is 5.82 Å². The van der Waals surface area contributed by atoms with Gasteiger partial charge in [-0.15, -0.1) is 0 Å². The Morgan fingerprint density at radius 1 is 1.17 bits per heavy atom. The molecule has 4 heteroatoms. The Kier molecular flexibility index (Phi) is 4.10. The third-order valence-corrected chi connectivity index (χ3v) is 3.06. The van der Waals surface area contributed by atoms with Gasteiger partial charge in [-0.3, -0.25) is 4.79 Å². The molecule has 0 aliphatic carbocycles. The number of benzene rings is 2. The fourth-order valence-electron chi connectivity index (χ4n) is 1.50. The Labute approximate surface area is 113 Å². The van der Waals surface area contributed by atoms with E-state index in [1.165, 1.54) is 6.07 Å². The molecule has 2 aromatic carbocycles. The molecule has 0 N–H and O–H groups in total. The van der Waals surface area contributed by atoms with E-state index in [1.54, 1.807) is 6.07 Å². The normalized spacial score (nSPS) is 10.1. The molecule has 0 heterocycles. The molecule has 0 aliphatic rings. The third kappa shape index (κ3) is 2.76. The van der Waals surface area contributed by atoms with Gasteiger partial charge in [-0.25, -0.2) is 4.39 Å². The van der Waals surface area contributed by atoms with Crippen LogP contribution < -0.4 is 4.74 Å². The Morgan fingerprint density at radius 3 is 2.56 bits per heavy atom. The highest BCUT2D eigenvalue weighted by Gasteiger charge is 2.13. The fourth-order valence-corrected chi connectivity index (χ4v) is 1.92. The molecule has 0 spiro atoms. The second kappa shape index (κ2) is 5.78. The topological polar surface area (TPSA) is 26.3 Å². The lowest BCUT2D eigenvalue weighted by Gasteiger charge is -2.10. The molecule has 2 aromatic rings. The second-order valence-electron chi connectivity index (χ2n) is 3.67. The summed E-state index contributed by atoms with van der Waals surface area (Å²) in [4.78, 5) is 10.7. The number of carbonyl (C=O) groups is 1. The number of hydrogen-bond donors (Lipinski definition) is 0. The Hall–Kier alpha value is -1.68.